The van der Waals surface area contributed by atoms with Gasteiger partial charge in [0.15, 0.2) is 0 Å². The van der Waals surface area contributed by atoms with Gasteiger partial charge in [0.05, 0.1) is 6.10 Å². The highest BCUT2D eigenvalue weighted by atomic mass is 16.5. The number of nitriles is 1. The van der Waals surface area contributed by atoms with Gasteiger partial charge >= 0.3 is 0 Å². The molecule has 5 heteroatoms. The molecule has 1 saturated heterocycles. The van der Waals surface area contributed by atoms with Crippen LogP contribution in [0.3, 0.4) is 0 Å². The van der Waals surface area contributed by atoms with Crippen LogP contribution in [-0.4, -0.2) is 25.2 Å². The van der Waals surface area contributed by atoms with E-state index in [2.05, 4.69) is 11.4 Å². The minimum Gasteiger partial charge on any atom is -0.489 e. The summed E-state index contributed by atoms with van der Waals surface area (Å²) in [5, 5.41) is 12.1. The summed E-state index contributed by atoms with van der Waals surface area (Å²) in [6, 6.07) is 17.5. The number of hydrogen-bond donors (Lipinski definition) is 1. The van der Waals surface area contributed by atoms with Crippen LogP contribution in [0.2, 0.25) is 0 Å². The summed E-state index contributed by atoms with van der Waals surface area (Å²) >= 11 is 0. The molecule has 3 rings (SSSR count). The summed E-state index contributed by atoms with van der Waals surface area (Å²) in [6.45, 7) is 3.71. The van der Waals surface area contributed by atoms with Gasteiger partial charge in [-0.15, -0.1) is 0 Å². The van der Waals surface area contributed by atoms with Crippen molar-refractivity contribution in [3.8, 4) is 11.8 Å². The van der Waals surface area contributed by atoms with Crippen molar-refractivity contribution in [3.05, 3.63) is 70.8 Å². The van der Waals surface area contributed by atoms with Gasteiger partial charge in [-0.2, -0.15) is 5.26 Å². The van der Waals surface area contributed by atoms with E-state index in [9.17, 15) is 10.1 Å². The molecule has 5 nitrogen and oxygen atoms in total. The Morgan fingerprint density at radius 1 is 1.32 bits per heavy atom. The molecule has 28 heavy (non-hydrogen) atoms. The van der Waals surface area contributed by atoms with Crippen LogP contribution in [0.4, 0.5) is 0 Å². The lowest BCUT2D eigenvalue weighted by Crippen LogP contribution is -2.32. The molecule has 0 spiro atoms. The second-order valence-electron chi connectivity index (χ2n) is 6.86. The van der Waals surface area contributed by atoms with E-state index in [1.54, 1.807) is 6.08 Å². The van der Waals surface area contributed by atoms with Crippen molar-refractivity contribution in [1.29, 1.82) is 5.26 Å². The van der Waals surface area contributed by atoms with E-state index in [-0.39, 0.29) is 17.6 Å². The third kappa shape index (κ3) is 5.70. The molecule has 1 fully saturated rings. The molecule has 0 bridgehead atoms. The number of aryl methyl sites for hydroxylation is 1. The van der Waals surface area contributed by atoms with Crippen LogP contribution < -0.4 is 10.1 Å². The molecule has 0 saturated carbocycles. The first kappa shape index (κ1) is 19.7. The van der Waals surface area contributed by atoms with Gasteiger partial charge in [0.1, 0.15) is 24.0 Å². The number of nitrogens with zero attached hydrogens (tertiary/aromatic N) is 1. The molecular weight excluding hydrogens is 352 g/mol. The molecule has 0 aromatic heterocycles. The Bertz CT molecular complexity index is 875. The Balaban J connectivity index is 1.56. The minimum atomic E-state index is -0.377. The van der Waals surface area contributed by atoms with Crippen LogP contribution in [0.15, 0.2) is 54.1 Å². The van der Waals surface area contributed by atoms with Crippen LogP contribution in [0.25, 0.3) is 6.08 Å². The average molecular weight is 376 g/mol. The quantitative estimate of drug-likeness (QED) is 0.590. The highest BCUT2D eigenvalue weighted by molar-refractivity contribution is 6.01. The summed E-state index contributed by atoms with van der Waals surface area (Å²) < 4.78 is 11.3. The van der Waals surface area contributed by atoms with Crippen molar-refractivity contribution in [1.82, 2.24) is 5.32 Å². The SMILES string of the molecule is Cc1cccc(COc2ccc(/C=C(\C#N)C(=O)NC[C@@H]3CCCO3)cc2)c1. The van der Waals surface area contributed by atoms with Crippen molar-refractivity contribution < 1.29 is 14.3 Å². The molecule has 144 valence electrons. The van der Waals surface area contributed by atoms with Crippen LogP contribution in [0, 0.1) is 18.3 Å². The zero-order valence-electron chi connectivity index (χ0n) is 16.0. The van der Waals surface area contributed by atoms with Gasteiger partial charge in [0.2, 0.25) is 0 Å². The van der Waals surface area contributed by atoms with Crippen LogP contribution in [-0.2, 0) is 16.1 Å². The Kier molecular flexibility index (Phi) is 6.83. The smallest absolute Gasteiger partial charge is 0.262 e. The molecule has 1 N–H and O–H groups in total. The molecule has 2 aromatic carbocycles. The zero-order valence-corrected chi connectivity index (χ0v) is 16.0. The molecular formula is C23H24N2O3. The monoisotopic (exact) mass is 376 g/mol. The molecule has 1 atom stereocenters. The minimum absolute atomic E-state index is 0.0497. The van der Waals surface area contributed by atoms with E-state index in [4.69, 9.17) is 9.47 Å². The van der Waals surface area contributed by atoms with Crippen LogP contribution in [0.1, 0.15) is 29.5 Å². The Labute approximate surface area is 165 Å². The molecule has 1 heterocycles. The Morgan fingerprint density at radius 2 is 2.14 bits per heavy atom. The van der Waals surface area contributed by atoms with Gasteiger partial charge in [-0.3, -0.25) is 4.79 Å². The van der Waals surface area contributed by atoms with Crippen molar-refractivity contribution in [3.63, 3.8) is 0 Å². The van der Waals surface area contributed by atoms with E-state index < -0.39 is 0 Å². The van der Waals surface area contributed by atoms with E-state index >= 15 is 0 Å². The van der Waals surface area contributed by atoms with Gasteiger partial charge in [0.25, 0.3) is 5.91 Å². The number of carbonyl (C=O) groups excluding carboxylic acids is 1. The highest BCUT2D eigenvalue weighted by Crippen LogP contribution is 2.17. The van der Waals surface area contributed by atoms with E-state index in [1.165, 1.54) is 5.56 Å². The lowest BCUT2D eigenvalue weighted by atomic mass is 10.1. The van der Waals surface area contributed by atoms with Gasteiger partial charge in [-0.25, -0.2) is 0 Å². The second kappa shape index (κ2) is 9.72. The summed E-state index contributed by atoms with van der Waals surface area (Å²) in [7, 11) is 0. The third-order valence-corrected chi connectivity index (χ3v) is 4.56. The largest absolute Gasteiger partial charge is 0.489 e. The average Bonchev–Trinajstić information content (AvgIpc) is 3.23. The Morgan fingerprint density at radius 3 is 2.82 bits per heavy atom. The maximum absolute atomic E-state index is 12.2. The van der Waals surface area contributed by atoms with Gasteiger partial charge in [-0.05, 0) is 49.1 Å². The van der Waals surface area contributed by atoms with Gasteiger partial charge < -0.3 is 14.8 Å². The van der Waals surface area contributed by atoms with Crippen molar-refractivity contribution in [2.75, 3.05) is 13.2 Å². The third-order valence-electron chi connectivity index (χ3n) is 4.56. The van der Waals surface area contributed by atoms with E-state index in [1.807, 2.05) is 55.5 Å². The number of benzene rings is 2. The maximum Gasteiger partial charge on any atom is 0.262 e. The Hall–Kier alpha value is -3.10. The number of amides is 1. The summed E-state index contributed by atoms with van der Waals surface area (Å²) in [4.78, 5) is 12.2. The second-order valence-corrected chi connectivity index (χ2v) is 6.86. The topological polar surface area (TPSA) is 71.3 Å². The van der Waals surface area contributed by atoms with E-state index in [0.29, 0.717) is 13.2 Å². The normalized spacial score (nSPS) is 16.4. The number of rotatable bonds is 7. The summed E-state index contributed by atoms with van der Waals surface area (Å²) in [5.41, 5.74) is 3.15. The summed E-state index contributed by atoms with van der Waals surface area (Å²) in [5.74, 6) is 0.359. The van der Waals surface area contributed by atoms with Crippen LogP contribution >= 0.6 is 0 Å². The van der Waals surface area contributed by atoms with Gasteiger partial charge in [-0.1, -0.05) is 42.0 Å². The number of ether oxygens (including phenoxy) is 2. The first-order valence-corrected chi connectivity index (χ1v) is 9.44. The molecule has 1 aliphatic heterocycles. The van der Waals surface area contributed by atoms with Crippen LogP contribution in [0.5, 0.6) is 5.75 Å². The highest BCUT2D eigenvalue weighted by Gasteiger charge is 2.17. The molecule has 2 aromatic rings. The lowest BCUT2D eigenvalue weighted by molar-refractivity contribution is -0.117. The van der Waals surface area contributed by atoms with Crippen molar-refractivity contribution in [2.24, 2.45) is 0 Å². The first-order chi connectivity index (χ1) is 13.6. The predicted octanol–water partition coefficient (Wildman–Crippen LogP) is 3.78. The number of hydrogen-bond acceptors (Lipinski definition) is 4. The number of carbonyl (C=O) groups is 1. The van der Waals surface area contributed by atoms with Crippen molar-refractivity contribution in [2.45, 2.75) is 32.5 Å². The fourth-order valence-electron chi connectivity index (χ4n) is 3.05. The standard InChI is InChI=1S/C23H24N2O3/c1-17-4-2-5-19(12-17)16-28-21-9-7-18(8-10-21)13-20(14-24)23(26)25-15-22-6-3-11-27-22/h2,4-5,7-10,12-13,22H,3,6,11,15-16H2,1H3,(H,25,26)/b20-13+/t22-/m0/s1. The lowest BCUT2D eigenvalue weighted by Gasteiger charge is -2.10. The van der Waals surface area contributed by atoms with Gasteiger partial charge in [0, 0.05) is 13.2 Å². The van der Waals surface area contributed by atoms with E-state index in [0.717, 1.165) is 36.3 Å². The molecule has 1 amide bonds. The fourth-order valence-corrected chi connectivity index (χ4v) is 3.05. The zero-order chi connectivity index (χ0) is 19.8. The predicted molar refractivity (Wildman–Crippen MR) is 108 cm³/mol. The molecule has 0 aliphatic carbocycles. The summed E-state index contributed by atoms with van der Waals surface area (Å²) in [6.07, 6.45) is 3.58. The first-order valence-electron chi connectivity index (χ1n) is 9.44. The fraction of sp³-hybridized carbons (Fsp3) is 0.304. The molecule has 0 radical (unpaired) electrons. The molecule has 1 aliphatic rings. The molecule has 0 unspecified atom stereocenters. The van der Waals surface area contributed by atoms with Crippen molar-refractivity contribution >= 4 is 12.0 Å². The number of nitrogens with one attached hydrogen (secondary N) is 1. The maximum atomic E-state index is 12.2.